The smallest absolute Gasteiger partial charge is 0.246 e. The van der Waals surface area contributed by atoms with Crippen molar-refractivity contribution < 1.29 is 9.26 Å². The molecule has 3 rings (SSSR count). The van der Waals surface area contributed by atoms with E-state index < -0.39 is 0 Å². The van der Waals surface area contributed by atoms with Crippen LogP contribution in [0.15, 0.2) is 53.1 Å². The van der Waals surface area contributed by atoms with E-state index in [9.17, 15) is 0 Å². The van der Waals surface area contributed by atoms with Crippen LogP contribution >= 0.6 is 23.8 Å². The molecule has 25 heavy (non-hydrogen) atoms. The molecule has 128 valence electrons. The lowest BCUT2D eigenvalue weighted by Crippen LogP contribution is -2.27. The van der Waals surface area contributed by atoms with E-state index in [0.29, 0.717) is 28.4 Å². The summed E-state index contributed by atoms with van der Waals surface area (Å²) < 4.78 is 10.4. The van der Waals surface area contributed by atoms with Crippen molar-refractivity contribution in [2.75, 3.05) is 12.4 Å². The molecule has 0 aliphatic heterocycles. The molecule has 0 unspecified atom stereocenters. The van der Waals surface area contributed by atoms with Crippen LogP contribution in [0.25, 0.3) is 11.4 Å². The Morgan fingerprint density at radius 1 is 1.24 bits per heavy atom. The summed E-state index contributed by atoms with van der Waals surface area (Å²) in [6.07, 6.45) is 0. The Kier molecular flexibility index (Phi) is 5.47. The van der Waals surface area contributed by atoms with Crippen LogP contribution in [0.5, 0.6) is 5.75 Å². The molecule has 0 saturated heterocycles. The summed E-state index contributed by atoms with van der Waals surface area (Å²) in [6, 6.07) is 14.7. The molecule has 0 bridgehead atoms. The van der Waals surface area contributed by atoms with Crippen LogP contribution in [-0.4, -0.2) is 22.4 Å². The zero-order chi connectivity index (χ0) is 17.6. The van der Waals surface area contributed by atoms with Crippen molar-refractivity contribution in [3.05, 3.63) is 59.4 Å². The summed E-state index contributed by atoms with van der Waals surface area (Å²) in [5.41, 5.74) is 1.64. The predicted molar refractivity (Wildman–Crippen MR) is 101 cm³/mol. The van der Waals surface area contributed by atoms with Crippen LogP contribution in [0, 0.1) is 0 Å². The average molecular weight is 375 g/mol. The molecule has 3 aromatic rings. The first-order chi connectivity index (χ1) is 12.1. The van der Waals surface area contributed by atoms with Gasteiger partial charge in [0.25, 0.3) is 0 Å². The Morgan fingerprint density at radius 3 is 2.76 bits per heavy atom. The maximum absolute atomic E-state index is 5.94. The van der Waals surface area contributed by atoms with Crippen molar-refractivity contribution in [2.45, 2.75) is 6.54 Å². The minimum absolute atomic E-state index is 0.315. The zero-order valence-electron chi connectivity index (χ0n) is 13.3. The second-order valence-corrected chi connectivity index (χ2v) is 5.90. The summed E-state index contributed by atoms with van der Waals surface area (Å²) >= 11 is 11.2. The standard InChI is InChI=1S/C17H15ClN4O2S/c1-23-14-7-5-11(6-8-14)16-21-15(24-22-16)10-19-17(25)20-13-4-2-3-12(18)9-13/h2-9H,10H2,1H3,(H2,19,20,25). The molecule has 2 N–H and O–H groups in total. The Morgan fingerprint density at radius 2 is 2.04 bits per heavy atom. The summed E-state index contributed by atoms with van der Waals surface area (Å²) in [4.78, 5) is 4.34. The molecule has 1 heterocycles. The average Bonchev–Trinajstić information content (AvgIpc) is 3.09. The first-order valence-corrected chi connectivity index (χ1v) is 8.20. The number of benzene rings is 2. The molecule has 6 nitrogen and oxygen atoms in total. The molecule has 0 saturated carbocycles. The number of thiocarbonyl (C=S) groups is 1. The molecular weight excluding hydrogens is 360 g/mol. The lowest BCUT2D eigenvalue weighted by atomic mass is 10.2. The van der Waals surface area contributed by atoms with E-state index >= 15 is 0 Å². The van der Waals surface area contributed by atoms with E-state index in [4.69, 9.17) is 33.1 Å². The first-order valence-electron chi connectivity index (χ1n) is 7.41. The summed E-state index contributed by atoms with van der Waals surface area (Å²) in [5.74, 6) is 1.71. The van der Waals surface area contributed by atoms with Crippen LogP contribution in [0.3, 0.4) is 0 Å². The fourth-order valence-corrected chi connectivity index (χ4v) is 2.46. The van der Waals surface area contributed by atoms with Crippen molar-refractivity contribution in [2.24, 2.45) is 0 Å². The fourth-order valence-electron chi connectivity index (χ4n) is 2.08. The van der Waals surface area contributed by atoms with Gasteiger partial charge in [0.1, 0.15) is 5.75 Å². The monoisotopic (exact) mass is 374 g/mol. The third-order valence-electron chi connectivity index (χ3n) is 3.30. The van der Waals surface area contributed by atoms with E-state index in [1.807, 2.05) is 36.4 Å². The first kappa shape index (κ1) is 17.2. The van der Waals surface area contributed by atoms with Gasteiger partial charge in [0, 0.05) is 16.3 Å². The molecule has 1 aromatic heterocycles. The van der Waals surface area contributed by atoms with Gasteiger partial charge < -0.3 is 19.9 Å². The SMILES string of the molecule is COc1ccc(-c2noc(CNC(=S)Nc3cccc(Cl)c3)n2)cc1. The van der Waals surface area contributed by atoms with Crippen molar-refractivity contribution in [3.63, 3.8) is 0 Å². The minimum atomic E-state index is 0.315. The molecule has 8 heteroatoms. The highest BCUT2D eigenvalue weighted by molar-refractivity contribution is 7.80. The van der Waals surface area contributed by atoms with Crippen LogP contribution in [0.4, 0.5) is 5.69 Å². The fraction of sp³-hybridized carbons (Fsp3) is 0.118. The number of aromatic nitrogens is 2. The zero-order valence-corrected chi connectivity index (χ0v) is 14.9. The number of anilines is 1. The molecule has 0 aliphatic rings. The molecule has 0 amide bonds. The highest BCUT2D eigenvalue weighted by atomic mass is 35.5. The van der Waals surface area contributed by atoms with Gasteiger partial charge in [0.15, 0.2) is 5.11 Å². The van der Waals surface area contributed by atoms with Gasteiger partial charge in [0.2, 0.25) is 11.7 Å². The topological polar surface area (TPSA) is 72.2 Å². The number of hydrogen-bond donors (Lipinski definition) is 2. The van der Waals surface area contributed by atoms with Gasteiger partial charge in [-0.3, -0.25) is 0 Å². The molecule has 0 aliphatic carbocycles. The van der Waals surface area contributed by atoms with Crippen LogP contribution in [0.1, 0.15) is 5.89 Å². The molecule has 0 radical (unpaired) electrons. The molecular formula is C17H15ClN4O2S. The van der Waals surface area contributed by atoms with Crippen LogP contribution < -0.4 is 15.4 Å². The molecule has 0 atom stereocenters. The van der Waals surface area contributed by atoms with Gasteiger partial charge >= 0.3 is 0 Å². The Bertz CT molecular complexity index is 867. The molecule has 2 aromatic carbocycles. The van der Waals surface area contributed by atoms with Crippen LogP contribution in [0.2, 0.25) is 5.02 Å². The van der Waals surface area contributed by atoms with Crippen molar-refractivity contribution in [1.82, 2.24) is 15.5 Å². The maximum atomic E-state index is 5.94. The van der Waals surface area contributed by atoms with Crippen molar-refractivity contribution in [1.29, 1.82) is 0 Å². The van der Waals surface area contributed by atoms with Gasteiger partial charge in [-0.05, 0) is 54.7 Å². The minimum Gasteiger partial charge on any atom is -0.497 e. The van der Waals surface area contributed by atoms with E-state index in [0.717, 1.165) is 17.0 Å². The van der Waals surface area contributed by atoms with E-state index in [-0.39, 0.29) is 0 Å². The second-order valence-electron chi connectivity index (χ2n) is 5.06. The van der Waals surface area contributed by atoms with Gasteiger partial charge in [-0.25, -0.2) is 0 Å². The highest BCUT2D eigenvalue weighted by Crippen LogP contribution is 2.19. The third kappa shape index (κ3) is 4.68. The number of nitrogens with one attached hydrogen (secondary N) is 2. The summed E-state index contributed by atoms with van der Waals surface area (Å²) in [7, 11) is 1.62. The van der Waals surface area contributed by atoms with Crippen molar-refractivity contribution in [3.8, 4) is 17.1 Å². The lowest BCUT2D eigenvalue weighted by Gasteiger charge is -2.08. The quantitative estimate of drug-likeness (QED) is 0.656. The maximum Gasteiger partial charge on any atom is 0.246 e. The van der Waals surface area contributed by atoms with E-state index in [1.54, 1.807) is 19.2 Å². The number of methoxy groups -OCH3 is 1. The summed E-state index contributed by atoms with van der Waals surface area (Å²) in [5, 5.41) is 11.1. The lowest BCUT2D eigenvalue weighted by molar-refractivity contribution is 0.376. The van der Waals surface area contributed by atoms with Gasteiger partial charge in [0.05, 0.1) is 13.7 Å². The number of nitrogens with zero attached hydrogens (tertiary/aromatic N) is 2. The number of halogens is 1. The summed E-state index contributed by atoms with van der Waals surface area (Å²) in [6.45, 7) is 0.315. The number of ether oxygens (including phenoxy) is 1. The van der Waals surface area contributed by atoms with Crippen molar-refractivity contribution >= 4 is 34.6 Å². The normalized spacial score (nSPS) is 10.3. The Hall–Kier alpha value is -2.64. The Balaban J connectivity index is 1.56. The van der Waals surface area contributed by atoms with Crippen LogP contribution in [-0.2, 0) is 6.54 Å². The second kappa shape index (κ2) is 7.96. The van der Waals surface area contributed by atoms with E-state index in [2.05, 4.69) is 20.8 Å². The van der Waals surface area contributed by atoms with Gasteiger partial charge in [-0.15, -0.1) is 0 Å². The largest absolute Gasteiger partial charge is 0.497 e. The van der Waals surface area contributed by atoms with Gasteiger partial charge in [-0.1, -0.05) is 22.8 Å². The van der Waals surface area contributed by atoms with Gasteiger partial charge in [-0.2, -0.15) is 4.98 Å². The van der Waals surface area contributed by atoms with E-state index in [1.165, 1.54) is 0 Å². The highest BCUT2D eigenvalue weighted by Gasteiger charge is 2.09. The number of rotatable bonds is 5. The molecule has 0 spiro atoms. The Labute approximate surface area is 155 Å². The number of hydrogen-bond acceptors (Lipinski definition) is 5. The predicted octanol–water partition coefficient (Wildman–Crippen LogP) is 3.89. The third-order valence-corrected chi connectivity index (χ3v) is 3.78. The molecule has 0 fully saturated rings.